The fraction of sp³-hybridized carbons (Fsp3) is 0.167. The third kappa shape index (κ3) is 3.33. The minimum absolute atomic E-state index is 0.0198. The first-order chi connectivity index (χ1) is 8.97. The van der Waals surface area contributed by atoms with Crippen molar-refractivity contribution >= 4 is 39.1 Å². The van der Waals surface area contributed by atoms with E-state index in [0.717, 1.165) is 0 Å². The number of halogens is 3. The molecule has 0 aliphatic carbocycles. The first kappa shape index (κ1) is 14.0. The Morgan fingerprint density at radius 1 is 1.58 bits per heavy atom. The summed E-state index contributed by atoms with van der Waals surface area (Å²) in [6.45, 7) is 1.73. The van der Waals surface area contributed by atoms with E-state index in [1.165, 1.54) is 23.0 Å². The monoisotopic (exact) mass is 345 g/mol. The Kier molecular flexibility index (Phi) is 4.21. The number of aromatic nitrogens is 2. The molecule has 100 valence electrons. The van der Waals surface area contributed by atoms with Crippen molar-refractivity contribution < 1.29 is 9.18 Å². The fourth-order valence-corrected chi connectivity index (χ4v) is 1.97. The van der Waals surface area contributed by atoms with Gasteiger partial charge in [-0.1, -0.05) is 27.5 Å². The van der Waals surface area contributed by atoms with E-state index in [9.17, 15) is 9.18 Å². The summed E-state index contributed by atoms with van der Waals surface area (Å²) >= 11 is 8.98. The van der Waals surface area contributed by atoms with Crippen LogP contribution in [0.3, 0.4) is 0 Å². The summed E-state index contributed by atoms with van der Waals surface area (Å²) in [6.07, 6.45) is 1.46. The van der Waals surface area contributed by atoms with E-state index < -0.39 is 5.82 Å². The van der Waals surface area contributed by atoms with Crippen LogP contribution in [0.1, 0.15) is 5.69 Å². The molecule has 19 heavy (non-hydrogen) atoms. The van der Waals surface area contributed by atoms with Crippen molar-refractivity contribution in [3.63, 3.8) is 0 Å². The second-order valence-electron chi connectivity index (χ2n) is 3.91. The predicted octanol–water partition coefficient (Wildman–Crippen LogP) is 3.39. The Hall–Kier alpha value is -1.40. The maximum absolute atomic E-state index is 13.5. The molecule has 1 N–H and O–H groups in total. The van der Waals surface area contributed by atoms with Gasteiger partial charge < -0.3 is 5.32 Å². The van der Waals surface area contributed by atoms with Crippen molar-refractivity contribution in [2.45, 2.75) is 13.5 Å². The molecular formula is C12H10BrClFN3O. The zero-order chi connectivity index (χ0) is 14.0. The van der Waals surface area contributed by atoms with E-state index in [1.807, 2.05) is 0 Å². The molecule has 1 aromatic carbocycles. The number of nitrogens with zero attached hydrogens (tertiary/aromatic N) is 2. The van der Waals surface area contributed by atoms with Crippen molar-refractivity contribution in [1.82, 2.24) is 9.78 Å². The highest BCUT2D eigenvalue weighted by molar-refractivity contribution is 9.10. The van der Waals surface area contributed by atoms with Gasteiger partial charge in [-0.25, -0.2) is 4.39 Å². The van der Waals surface area contributed by atoms with E-state index >= 15 is 0 Å². The van der Waals surface area contributed by atoms with Gasteiger partial charge in [-0.2, -0.15) is 5.10 Å². The minimum Gasteiger partial charge on any atom is -0.322 e. The van der Waals surface area contributed by atoms with Gasteiger partial charge >= 0.3 is 0 Å². The molecule has 0 saturated carbocycles. The van der Waals surface area contributed by atoms with Crippen molar-refractivity contribution in [2.24, 2.45) is 0 Å². The summed E-state index contributed by atoms with van der Waals surface area (Å²) in [5, 5.41) is 6.93. The lowest BCUT2D eigenvalue weighted by molar-refractivity contribution is -0.117. The van der Waals surface area contributed by atoms with Gasteiger partial charge in [0.2, 0.25) is 5.91 Å². The molecule has 0 spiro atoms. The Morgan fingerprint density at radius 3 is 2.89 bits per heavy atom. The molecule has 1 aromatic heterocycles. The Morgan fingerprint density at radius 2 is 2.32 bits per heavy atom. The number of rotatable bonds is 3. The van der Waals surface area contributed by atoms with Gasteiger partial charge in [-0.3, -0.25) is 9.48 Å². The van der Waals surface area contributed by atoms with Crippen LogP contribution in [-0.4, -0.2) is 15.7 Å². The van der Waals surface area contributed by atoms with E-state index in [1.54, 1.807) is 13.0 Å². The smallest absolute Gasteiger partial charge is 0.246 e. The maximum Gasteiger partial charge on any atom is 0.246 e. The molecule has 1 amide bonds. The van der Waals surface area contributed by atoms with Gasteiger partial charge in [0.15, 0.2) is 0 Å². The molecule has 0 atom stereocenters. The zero-order valence-corrected chi connectivity index (χ0v) is 12.3. The van der Waals surface area contributed by atoms with Crippen LogP contribution in [0.25, 0.3) is 0 Å². The summed E-state index contributed by atoms with van der Waals surface area (Å²) in [4.78, 5) is 11.8. The van der Waals surface area contributed by atoms with Gasteiger partial charge in [0.05, 0.1) is 22.6 Å². The van der Waals surface area contributed by atoms with Crippen LogP contribution in [0.4, 0.5) is 10.1 Å². The van der Waals surface area contributed by atoms with E-state index in [0.29, 0.717) is 15.2 Å². The van der Waals surface area contributed by atoms with Crippen LogP contribution in [0, 0.1) is 12.7 Å². The molecular weight excluding hydrogens is 337 g/mol. The van der Waals surface area contributed by atoms with Gasteiger partial charge in [-0.15, -0.1) is 0 Å². The molecule has 0 radical (unpaired) electrons. The molecule has 0 saturated heterocycles. The van der Waals surface area contributed by atoms with Crippen LogP contribution in [-0.2, 0) is 11.3 Å². The van der Waals surface area contributed by atoms with Gasteiger partial charge in [0, 0.05) is 4.47 Å². The average molecular weight is 347 g/mol. The number of carbonyl (C=O) groups excluding carboxylic acids is 1. The highest BCUT2D eigenvalue weighted by Gasteiger charge is 2.11. The quantitative estimate of drug-likeness (QED) is 0.926. The highest BCUT2D eigenvalue weighted by Crippen LogP contribution is 2.19. The van der Waals surface area contributed by atoms with Crippen LogP contribution in [0.15, 0.2) is 28.9 Å². The highest BCUT2D eigenvalue weighted by atomic mass is 79.9. The van der Waals surface area contributed by atoms with Gasteiger partial charge in [0.25, 0.3) is 0 Å². The third-order valence-electron chi connectivity index (χ3n) is 2.54. The SMILES string of the molecule is Cc1c(Cl)cnn1CC(=O)Nc1ccc(Br)cc1F. The number of benzene rings is 1. The maximum atomic E-state index is 13.5. The molecule has 7 heteroatoms. The lowest BCUT2D eigenvalue weighted by atomic mass is 10.3. The number of hydrogen-bond donors (Lipinski definition) is 1. The van der Waals surface area contributed by atoms with E-state index in [2.05, 4.69) is 26.3 Å². The van der Waals surface area contributed by atoms with Gasteiger partial charge in [-0.05, 0) is 25.1 Å². The Labute approximate surface area is 122 Å². The van der Waals surface area contributed by atoms with Crippen molar-refractivity contribution in [1.29, 1.82) is 0 Å². The Bertz CT molecular complexity index is 629. The number of amides is 1. The summed E-state index contributed by atoms with van der Waals surface area (Å²) in [7, 11) is 0. The van der Waals surface area contributed by atoms with Crippen molar-refractivity contribution in [3.05, 3.63) is 45.4 Å². The van der Waals surface area contributed by atoms with Gasteiger partial charge in [0.1, 0.15) is 12.4 Å². The van der Waals surface area contributed by atoms with Crippen LogP contribution < -0.4 is 5.32 Å². The number of anilines is 1. The summed E-state index contributed by atoms with van der Waals surface area (Å²) < 4.78 is 15.6. The number of carbonyl (C=O) groups is 1. The molecule has 0 bridgehead atoms. The molecule has 2 rings (SSSR count). The normalized spacial score (nSPS) is 10.5. The average Bonchev–Trinajstić information content (AvgIpc) is 2.65. The van der Waals surface area contributed by atoms with Crippen molar-refractivity contribution in [3.8, 4) is 0 Å². The first-order valence-electron chi connectivity index (χ1n) is 5.40. The van der Waals surface area contributed by atoms with Crippen LogP contribution in [0.5, 0.6) is 0 Å². The molecule has 4 nitrogen and oxygen atoms in total. The second kappa shape index (κ2) is 5.71. The lowest BCUT2D eigenvalue weighted by Crippen LogP contribution is -2.20. The number of nitrogens with one attached hydrogen (secondary N) is 1. The second-order valence-corrected chi connectivity index (χ2v) is 5.23. The molecule has 2 aromatic rings. The summed E-state index contributed by atoms with van der Waals surface area (Å²) in [6, 6.07) is 4.42. The Balaban J connectivity index is 2.07. The molecule has 1 heterocycles. The summed E-state index contributed by atoms with van der Waals surface area (Å²) in [5.74, 6) is -0.873. The molecule has 0 fully saturated rings. The minimum atomic E-state index is -0.502. The molecule has 0 aliphatic heterocycles. The number of hydrogen-bond acceptors (Lipinski definition) is 2. The molecule has 0 unspecified atom stereocenters. The predicted molar refractivity (Wildman–Crippen MR) is 74.7 cm³/mol. The topological polar surface area (TPSA) is 46.9 Å². The van der Waals surface area contributed by atoms with Crippen LogP contribution >= 0.6 is 27.5 Å². The largest absolute Gasteiger partial charge is 0.322 e. The lowest BCUT2D eigenvalue weighted by Gasteiger charge is -2.08. The standard InChI is InChI=1S/C12H10BrClFN3O/c1-7-9(14)5-16-18(7)6-12(19)17-11-3-2-8(13)4-10(11)15/h2-5H,6H2,1H3,(H,17,19). The fourth-order valence-electron chi connectivity index (χ4n) is 1.50. The van der Waals surface area contributed by atoms with Crippen molar-refractivity contribution in [2.75, 3.05) is 5.32 Å². The van der Waals surface area contributed by atoms with Crippen LogP contribution in [0.2, 0.25) is 5.02 Å². The van der Waals surface area contributed by atoms with E-state index in [-0.39, 0.29) is 18.1 Å². The third-order valence-corrected chi connectivity index (χ3v) is 3.41. The molecule has 0 aliphatic rings. The zero-order valence-electron chi connectivity index (χ0n) is 9.95. The summed E-state index contributed by atoms with van der Waals surface area (Å²) in [5.41, 5.74) is 0.817. The van der Waals surface area contributed by atoms with E-state index in [4.69, 9.17) is 11.6 Å². The first-order valence-corrected chi connectivity index (χ1v) is 6.57.